The second-order valence-electron chi connectivity index (χ2n) is 6.41. The van der Waals surface area contributed by atoms with Crippen LogP contribution in [0.15, 0.2) is 79.0 Å². The summed E-state index contributed by atoms with van der Waals surface area (Å²) in [5, 5.41) is 4.97. The van der Waals surface area contributed by atoms with Gasteiger partial charge in [-0.3, -0.25) is 0 Å². The molecular weight excluding hydrogens is 437 g/mol. The quantitative estimate of drug-likeness (QED) is 0.359. The maximum Gasteiger partial charge on any atom is 1.00 e. The van der Waals surface area contributed by atoms with Crippen molar-refractivity contribution in [3.63, 3.8) is 0 Å². The molecular formula is C22H16F4N3NaO2. The van der Waals surface area contributed by atoms with Gasteiger partial charge in [0.15, 0.2) is 0 Å². The molecule has 0 fully saturated rings. The summed E-state index contributed by atoms with van der Waals surface area (Å²) in [7, 11) is 0. The Bertz CT molecular complexity index is 1190. The normalized spacial score (nSPS) is 10.9. The van der Waals surface area contributed by atoms with Gasteiger partial charge in [-0.1, -0.05) is 48.5 Å². The summed E-state index contributed by atoms with van der Waals surface area (Å²) in [4.78, 5) is 8.63. The average molecular weight is 453 g/mol. The van der Waals surface area contributed by atoms with Gasteiger partial charge in [-0.05, 0) is 29.0 Å². The van der Waals surface area contributed by atoms with Gasteiger partial charge in [-0.25, -0.2) is 9.97 Å². The van der Waals surface area contributed by atoms with E-state index in [-0.39, 0.29) is 41.0 Å². The number of ether oxygens (including phenoxy) is 1. The zero-order valence-electron chi connectivity index (χ0n) is 16.8. The number of rotatable bonds is 6. The number of benzene rings is 3. The number of halogens is 4. The first-order chi connectivity index (χ1) is 14.4. The predicted octanol–water partition coefficient (Wildman–Crippen LogP) is 3.10. The molecule has 0 aliphatic carbocycles. The molecule has 1 aromatic heterocycles. The van der Waals surface area contributed by atoms with Crippen molar-refractivity contribution in [2.45, 2.75) is 12.5 Å². The molecule has 4 aromatic rings. The maximum atomic E-state index is 13.1. The van der Waals surface area contributed by atoms with Crippen molar-refractivity contribution in [1.29, 1.82) is 0 Å². The van der Waals surface area contributed by atoms with Crippen molar-refractivity contribution < 1.29 is 57.3 Å². The number of alkyl halides is 4. The molecule has 3 aromatic carbocycles. The molecule has 0 aliphatic heterocycles. The zero-order chi connectivity index (χ0) is 21.1. The Labute approximate surface area is 203 Å². The van der Waals surface area contributed by atoms with Gasteiger partial charge in [-0.2, -0.15) is 17.6 Å². The van der Waals surface area contributed by atoms with Crippen LogP contribution < -0.4 is 39.6 Å². The van der Waals surface area contributed by atoms with Gasteiger partial charge in [-0.15, -0.1) is 0 Å². The third-order valence-corrected chi connectivity index (χ3v) is 4.32. The predicted molar refractivity (Wildman–Crippen MR) is 108 cm³/mol. The smallest absolute Gasteiger partial charge is 0.870 e. The van der Waals surface area contributed by atoms with Crippen molar-refractivity contribution in [3.8, 4) is 17.0 Å². The van der Waals surface area contributed by atoms with Crippen LogP contribution in [0.25, 0.3) is 22.0 Å². The molecule has 0 amide bonds. The third-order valence-electron chi connectivity index (χ3n) is 4.32. The number of nitrogens with zero attached hydrogens (tertiary/aromatic N) is 2. The minimum atomic E-state index is -4.58. The van der Waals surface area contributed by atoms with E-state index in [1.54, 1.807) is 18.3 Å². The van der Waals surface area contributed by atoms with Crippen molar-refractivity contribution in [2.75, 3.05) is 5.32 Å². The Kier molecular flexibility index (Phi) is 8.57. The largest absolute Gasteiger partial charge is 1.00 e. The number of anilines is 2. The van der Waals surface area contributed by atoms with Crippen LogP contribution in [0, 0.1) is 0 Å². The summed E-state index contributed by atoms with van der Waals surface area (Å²) in [6.07, 6.45) is -6.95. The Morgan fingerprint density at radius 3 is 2.41 bits per heavy atom. The van der Waals surface area contributed by atoms with Gasteiger partial charge >= 0.3 is 42.1 Å². The van der Waals surface area contributed by atoms with E-state index in [4.69, 9.17) is 0 Å². The molecule has 32 heavy (non-hydrogen) atoms. The van der Waals surface area contributed by atoms with Crippen LogP contribution in [0.1, 0.15) is 0 Å². The van der Waals surface area contributed by atoms with Crippen molar-refractivity contribution in [1.82, 2.24) is 9.97 Å². The summed E-state index contributed by atoms with van der Waals surface area (Å²) in [6, 6.07) is 20.8. The van der Waals surface area contributed by atoms with Crippen LogP contribution in [0.5, 0.6) is 5.75 Å². The Hall–Kier alpha value is -2.72. The van der Waals surface area contributed by atoms with E-state index < -0.39 is 18.3 Å². The van der Waals surface area contributed by atoms with Gasteiger partial charge in [0, 0.05) is 23.5 Å². The van der Waals surface area contributed by atoms with E-state index in [9.17, 15) is 17.6 Å². The molecule has 0 spiro atoms. The summed E-state index contributed by atoms with van der Waals surface area (Å²) in [5.41, 5.74) is 1.89. The minimum Gasteiger partial charge on any atom is -0.870 e. The summed E-state index contributed by atoms with van der Waals surface area (Å²) in [5.74, 6) is -0.186. The number of aromatic nitrogens is 2. The fraction of sp³-hybridized carbons (Fsp3) is 0.0909. The topological polar surface area (TPSA) is 77.0 Å². The molecule has 160 valence electrons. The maximum absolute atomic E-state index is 13.1. The van der Waals surface area contributed by atoms with Crippen LogP contribution in [-0.4, -0.2) is 28.0 Å². The second kappa shape index (κ2) is 10.7. The van der Waals surface area contributed by atoms with Gasteiger partial charge in [0.2, 0.25) is 5.95 Å². The van der Waals surface area contributed by atoms with Crippen LogP contribution >= 0.6 is 0 Å². The average Bonchev–Trinajstić information content (AvgIpc) is 2.73. The van der Waals surface area contributed by atoms with E-state index >= 15 is 0 Å². The standard InChI is InChI=1S/C22H15F4N3O.Na.H2O/c23-20(24)22(25,26)30-16-8-4-7-15(13-16)28-21-27-12-11-19(29-21)18-10-3-6-14-5-1-2-9-17(14)18;;/h1-13,20H,(H,27,28,29);;1H2/q;+1;/p-1. The van der Waals surface area contributed by atoms with E-state index in [0.717, 1.165) is 22.4 Å². The zero-order valence-corrected chi connectivity index (χ0v) is 18.8. The number of hydrogen-bond acceptors (Lipinski definition) is 5. The van der Waals surface area contributed by atoms with E-state index in [0.29, 0.717) is 11.4 Å². The molecule has 4 rings (SSSR count). The summed E-state index contributed by atoms with van der Waals surface area (Å²) >= 11 is 0. The van der Waals surface area contributed by atoms with Crippen LogP contribution in [0.3, 0.4) is 0 Å². The van der Waals surface area contributed by atoms with E-state index in [1.165, 1.54) is 12.1 Å². The molecule has 0 radical (unpaired) electrons. The molecule has 0 saturated carbocycles. The number of hydrogen-bond donors (Lipinski definition) is 1. The molecule has 0 unspecified atom stereocenters. The molecule has 10 heteroatoms. The van der Waals surface area contributed by atoms with Gasteiger partial charge in [0.25, 0.3) is 0 Å². The molecule has 0 bridgehead atoms. The fourth-order valence-corrected chi connectivity index (χ4v) is 2.99. The molecule has 0 aliphatic rings. The Morgan fingerprint density at radius 2 is 1.62 bits per heavy atom. The Morgan fingerprint density at radius 1 is 0.906 bits per heavy atom. The third kappa shape index (κ3) is 5.74. The Balaban J connectivity index is 0.00000181. The molecule has 2 N–H and O–H groups in total. The summed E-state index contributed by atoms with van der Waals surface area (Å²) in [6.45, 7) is 0. The van der Waals surface area contributed by atoms with Crippen molar-refractivity contribution >= 4 is 22.4 Å². The van der Waals surface area contributed by atoms with Crippen molar-refractivity contribution in [3.05, 3.63) is 79.0 Å². The first-order valence-electron chi connectivity index (χ1n) is 8.96. The number of nitrogens with one attached hydrogen (secondary N) is 1. The number of fused-ring (bicyclic) bond motifs is 1. The van der Waals surface area contributed by atoms with Crippen LogP contribution in [0.2, 0.25) is 0 Å². The monoisotopic (exact) mass is 453 g/mol. The molecule has 5 nitrogen and oxygen atoms in total. The first-order valence-corrected chi connectivity index (χ1v) is 8.96. The van der Waals surface area contributed by atoms with Gasteiger partial charge in [0.05, 0.1) is 5.69 Å². The second-order valence-corrected chi connectivity index (χ2v) is 6.41. The fourth-order valence-electron chi connectivity index (χ4n) is 2.99. The van der Waals surface area contributed by atoms with Crippen molar-refractivity contribution in [2.24, 2.45) is 0 Å². The van der Waals surface area contributed by atoms with Gasteiger partial charge < -0.3 is 15.5 Å². The molecule has 0 atom stereocenters. The molecule has 0 saturated heterocycles. The van der Waals surface area contributed by atoms with Gasteiger partial charge in [0.1, 0.15) is 5.75 Å². The van der Waals surface area contributed by atoms with Crippen LogP contribution in [-0.2, 0) is 0 Å². The first kappa shape index (κ1) is 25.5. The molecule has 1 heterocycles. The van der Waals surface area contributed by atoms with E-state index in [2.05, 4.69) is 20.0 Å². The van der Waals surface area contributed by atoms with E-state index in [1.807, 2.05) is 42.5 Å². The SMILES string of the molecule is FC(F)C(F)(F)Oc1cccc(Nc2nccc(-c3cccc4ccccc34)n2)c1.[Na+].[OH-]. The summed E-state index contributed by atoms with van der Waals surface area (Å²) < 4.78 is 55.1. The van der Waals surface area contributed by atoms with Crippen LogP contribution in [0.4, 0.5) is 29.2 Å². The minimum absolute atomic E-state index is 0.